The Balaban J connectivity index is 1.42. The summed E-state index contributed by atoms with van der Waals surface area (Å²) in [5.41, 5.74) is 12.5. The van der Waals surface area contributed by atoms with Crippen LogP contribution in [-0.2, 0) is 0 Å². The molecule has 0 radical (unpaired) electrons. The Kier molecular flexibility index (Phi) is 4.00. The van der Waals surface area contributed by atoms with Gasteiger partial charge in [0.2, 0.25) is 0 Å². The normalized spacial score (nSPS) is 15.3. The molecular weight excluding hydrogens is 555 g/mol. The smallest absolute Gasteiger partial charge is 0.333 e. The molecule has 0 bridgehead atoms. The van der Waals surface area contributed by atoms with Crippen molar-refractivity contribution >= 4 is 107 Å². The maximum Gasteiger partial charge on any atom is 0.333 e. The zero-order valence-electron chi connectivity index (χ0n) is 23.8. The third kappa shape index (κ3) is 2.52. The van der Waals surface area contributed by atoms with Gasteiger partial charge < -0.3 is 9.38 Å². The van der Waals surface area contributed by atoms with E-state index in [-0.39, 0.29) is 6.85 Å². The van der Waals surface area contributed by atoms with E-state index in [9.17, 15) is 0 Å². The summed E-state index contributed by atoms with van der Waals surface area (Å²) in [5, 5.41) is 8.45. The third-order valence-electron chi connectivity index (χ3n) is 10.5. The van der Waals surface area contributed by atoms with Crippen LogP contribution in [0.15, 0.2) is 115 Å². The standard InChI is InChI=1S/C38H25BN2SSi/c1-43(2)31-19-8-6-17-28(31)40-29-21-22-11-3-4-12-23(22)33-25-14-9-15-26-35(25)41(36-24-13-5-7-18-30(24)42-38(26)36)39(34(29)33)27-16-10-20-32(43)37(27)40/h3-21H,1-2H3. The molecule has 0 N–H and O–H groups in total. The highest BCUT2D eigenvalue weighted by Gasteiger charge is 2.48. The number of para-hydroxylation sites is 3. The Morgan fingerprint density at radius 2 is 1.40 bits per heavy atom. The molecule has 0 fully saturated rings. The summed E-state index contributed by atoms with van der Waals surface area (Å²) in [4.78, 5) is 2.64. The molecule has 11 rings (SSSR count). The summed E-state index contributed by atoms with van der Waals surface area (Å²) in [6.07, 6.45) is 0. The van der Waals surface area contributed by atoms with Crippen LogP contribution in [0.25, 0.3) is 53.1 Å². The molecule has 0 unspecified atom stereocenters. The highest BCUT2D eigenvalue weighted by atomic mass is 32.1. The highest BCUT2D eigenvalue weighted by Crippen LogP contribution is 2.50. The monoisotopic (exact) mass is 580 g/mol. The molecule has 0 saturated heterocycles. The topological polar surface area (TPSA) is 8.17 Å². The summed E-state index contributed by atoms with van der Waals surface area (Å²) in [6.45, 7) is 5.17. The Hall–Kier alpha value is -4.58. The van der Waals surface area contributed by atoms with E-state index in [4.69, 9.17) is 0 Å². The first-order chi connectivity index (χ1) is 21.1. The van der Waals surface area contributed by atoms with Crippen LogP contribution in [0.4, 0.5) is 17.1 Å². The SMILES string of the molecule is C[Si]1(C)c2ccccc2N2c3cc4ccccc4c4c3B(c3cccc1c32)n1c2c-4cccc2c2sc3ccccc3c21. The van der Waals surface area contributed by atoms with Crippen molar-refractivity contribution in [3.8, 4) is 11.1 Å². The van der Waals surface area contributed by atoms with E-state index < -0.39 is 8.07 Å². The van der Waals surface area contributed by atoms with Crippen molar-refractivity contribution in [3.63, 3.8) is 0 Å². The van der Waals surface area contributed by atoms with Gasteiger partial charge in [0.25, 0.3) is 0 Å². The molecule has 0 amide bonds. The zero-order chi connectivity index (χ0) is 28.2. The predicted octanol–water partition coefficient (Wildman–Crippen LogP) is 7.72. The van der Waals surface area contributed by atoms with Crippen molar-refractivity contribution in [3.05, 3.63) is 115 Å². The maximum atomic E-state index is 2.74. The van der Waals surface area contributed by atoms with Gasteiger partial charge in [-0.05, 0) is 55.8 Å². The van der Waals surface area contributed by atoms with Crippen LogP contribution in [0.3, 0.4) is 0 Å². The quantitative estimate of drug-likeness (QED) is 0.167. The Morgan fingerprint density at radius 3 is 2.33 bits per heavy atom. The summed E-state index contributed by atoms with van der Waals surface area (Å²) >= 11 is 1.95. The van der Waals surface area contributed by atoms with E-state index >= 15 is 0 Å². The fourth-order valence-corrected chi connectivity index (χ4v) is 13.0. The van der Waals surface area contributed by atoms with Crippen molar-refractivity contribution in [2.24, 2.45) is 0 Å². The number of hydrogen-bond donors (Lipinski definition) is 0. The van der Waals surface area contributed by atoms with Crippen molar-refractivity contribution in [1.29, 1.82) is 0 Å². The van der Waals surface area contributed by atoms with Gasteiger partial charge in [-0.25, -0.2) is 0 Å². The molecule has 0 spiro atoms. The van der Waals surface area contributed by atoms with Crippen LogP contribution >= 0.6 is 11.3 Å². The van der Waals surface area contributed by atoms with Crippen molar-refractivity contribution in [2.45, 2.75) is 13.1 Å². The van der Waals surface area contributed by atoms with Crippen LogP contribution in [0.5, 0.6) is 0 Å². The zero-order valence-corrected chi connectivity index (χ0v) is 25.7. The fourth-order valence-electron chi connectivity index (χ4n) is 8.78. The molecule has 0 atom stereocenters. The number of benzene rings is 6. The molecule has 2 aromatic heterocycles. The number of anilines is 3. The van der Waals surface area contributed by atoms with E-state index in [1.807, 2.05) is 11.3 Å². The average Bonchev–Trinajstić information content (AvgIpc) is 3.57. The van der Waals surface area contributed by atoms with Gasteiger partial charge in [0.05, 0.1) is 10.2 Å². The van der Waals surface area contributed by atoms with E-state index in [0.29, 0.717) is 0 Å². The largest absolute Gasteiger partial charge is 0.374 e. The Morgan fingerprint density at radius 1 is 0.651 bits per heavy atom. The summed E-state index contributed by atoms with van der Waals surface area (Å²) in [5.74, 6) is 0. The Labute approximate surface area is 254 Å². The van der Waals surface area contributed by atoms with Crippen molar-refractivity contribution < 1.29 is 0 Å². The molecule has 6 aromatic carbocycles. The number of nitrogens with zero attached hydrogens (tertiary/aromatic N) is 2. The minimum atomic E-state index is -1.95. The second-order valence-electron chi connectivity index (χ2n) is 12.9. The summed E-state index contributed by atoms with van der Waals surface area (Å²) in [7, 11) is -1.95. The summed E-state index contributed by atoms with van der Waals surface area (Å²) < 4.78 is 5.51. The average molecular weight is 581 g/mol. The molecule has 0 saturated carbocycles. The van der Waals surface area contributed by atoms with Gasteiger partial charge in [0, 0.05) is 43.6 Å². The van der Waals surface area contributed by atoms with Gasteiger partial charge in [0.15, 0.2) is 0 Å². The lowest BCUT2D eigenvalue weighted by Gasteiger charge is -2.47. The molecular formula is C38H25BN2SSi. The number of aromatic nitrogens is 1. The molecule has 5 heterocycles. The molecule has 0 aliphatic carbocycles. The second kappa shape index (κ2) is 7.49. The maximum absolute atomic E-state index is 2.74. The van der Waals surface area contributed by atoms with Gasteiger partial charge in [0.1, 0.15) is 8.07 Å². The minimum Gasteiger partial charge on any atom is -0.374 e. The molecule has 2 nitrogen and oxygen atoms in total. The first-order valence-electron chi connectivity index (χ1n) is 15.2. The van der Waals surface area contributed by atoms with Gasteiger partial charge in [-0.15, -0.1) is 11.3 Å². The first-order valence-corrected chi connectivity index (χ1v) is 19.0. The Bertz CT molecular complexity index is 2570. The number of rotatable bonds is 0. The molecule has 200 valence electrons. The fraction of sp³-hybridized carbons (Fsp3) is 0.0526. The lowest BCUT2D eigenvalue weighted by Crippen LogP contribution is -2.65. The predicted molar refractivity (Wildman–Crippen MR) is 190 cm³/mol. The lowest BCUT2D eigenvalue weighted by molar-refractivity contribution is 1.26. The highest BCUT2D eigenvalue weighted by molar-refractivity contribution is 7.27. The van der Waals surface area contributed by atoms with Crippen LogP contribution in [-0.4, -0.2) is 19.4 Å². The molecule has 3 aliphatic rings. The van der Waals surface area contributed by atoms with E-state index in [2.05, 4.69) is 138 Å². The third-order valence-corrected chi connectivity index (χ3v) is 15.2. The van der Waals surface area contributed by atoms with Gasteiger partial charge >= 0.3 is 6.85 Å². The summed E-state index contributed by atoms with van der Waals surface area (Å²) in [6, 6.07) is 43.9. The number of hydrogen-bond acceptors (Lipinski definition) is 2. The van der Waals surface area contributed by atoms with Gasteiger partial charge in [-0.1, -0.05) is 110 Å². The van der Waals surface area contributed by atoms with E-state index in [1.165, 1.54) is 91.5 Å². The van der Waals surface area contributed by atoms with E-state index in [0.717, 1.165) is 0 Å². The molecule has 5 heteroatoms. The molecule has 3 aliphatic heterocycles. The lowest BCUT2D eigenvalue weighted by atomic mass is 9.44. The molecule has 8 aromatic rings. The first kappa shape index (κ1) is 22.9. The number of thiophene rings is 1. The minimum absolute atomic E-state index is 0.101. The van der Waals surface area contributed by atoms with Crippen molar-refractivity contribution in [1.82, 2.24) is 4.48 Å². The van der Waals surface area contributed by atoms with E-state index in [1.54, 1.807) is 0 Å². The second-order valence-corrected chi connectivity index (χ2v) is 18.3. The van der Waals surface area contributed by atoms with Crippen LogP contribution in [0.2, 0.25) is 13.1 Å². The van der Waals surface area contributed by atoms with Crippen molar-refractivity contribution in [2.75, 3.05) is 4.90 Å². The van der Waals surface area contributed by atoms with Crippen LogP contribution < -0.4 is 26.2 Å². The van der Waals surface area contributed by atoms with Gasteiger partial charge in [-0.2, -0.15) is 0 Å². The van der Waals surface area contributed by atoms with Gasteiger partial charge in [-0.3, -0.25) is 0 Å². The van der Waals surface area contributed by atoms with Crippen LogP contribution in [0, 0.1) is 0 Å². The molecule has 43 heavy (non-hydrogen) atoms. The number of fused-ring (bicyclic) bond motifs is 13. The van der Waals surface area contributed by atoms with Crippen LogP contribution in [0.1, 0.15) is 0 Å².